The van der Waals surface area contributed by atoms with Crippen LogP contribution in [-0.4, -0.2) is 12.5 Å². The molecule has 0 spiro atoms. The van der Waals surface area contributed by atoms with E-state index >= 15 is 0 Å². The van der Waals surface area contributed by atoms with Gasteiger partial charge < -0.3 is 4.65 Å². The van der Waals surface area contributed by atoms with E-state index in [2.05, 4.69) is 34.6 Å². The highest BCUT2D eigenvalue weighted by Crippen LogP contribution is 2.45. The number of hydrogen-bond acceptors (Lipinski definition) is 1. The highest BCUT2D eigenvalue weighted by atomic mass is 16.5. The molecule has 2 heteroatoms. The van der Waals surface area contributed by atoms with Crippen LogP contribution in [0.3, 0.4) is 0 Å². The average molecular weight is 154 g/mol. The van der Waals surface area contributed by atoms with Crippen LogP contribution in [0, 0.1) is 5.41 Å². The maximum atomic E-state index is 5.91. The van der Waals surface area contributed by atoms with Gasteiger partial charge in [-0.15, -0.1) is 0 Å². The molecule has 1 fully saturated rings. The minimum atomic E-state index is 0.0632. The third-order valence-electron chi connectivity index (χ3n) is 3.28. The van der Waals surface area contributed by atoms with E-state index in [0.29, 0.717) is 12.3 Å². The molecule has 0 aliphatic carbocycles. The molecule has 1 saturated heterocycles. The first kappa shape index (κ1) is 9.12. The summed E-state index contributed by atoms with van der Waals surface area (Å²) in [4.78, 5) is 0. The molecule has 1 aliphatic heterocycles. The van der Waals surface area contributed by atoms with E-state index in [1.54, 1.807) is 0 Å². The van der Waals surface area contributed by atoms with Crippen LogP contribution in [0.4, 0.5) is 0 Å². The van der Waals surface area contributed by atoms with Crippen LogP contribution in [0.15, 0.2) is 0 Å². The number of hydrogen-bond donors (Lipinski definition) is 0. The molecular formula is C9H19BO. The molecule has 0 saturated carbocycles. The van der Waals surface area contributed by atoms with E-state index in [1.165, 1.54) is 6.32 Å². The second-order valence-corrected chi connectivity index (χ2v) is 4.75. The summed E-state index contributed by atoms with van der Waals surface area (Å²) >= 11 is 0. The fourth-order valence-corrected chi connectivity index (χ4v) is 1.66. The first-order chi connectivity index (χ1) is 4.89. The van der Waals surface area contributed by atoms with Gasteiger partial charge in [-0.1, -0.05) is 27.1 Å². The molecule has 0 unspecified atom stereocenters. The van der Waals surface area contributed by atoms with Crippen LogP contribution >= 0.6 is 0 Å². The van der Waals surface area contributed by atoms with Gasteiger partial charge in [0.15, 0.2) is 0 Å². The lowest BCUT2D eigenvalue weighted by molar-refractivity contribution is 0.0362. The van der Waals surface area contributed by atoms with Crippen molar-refractivity contribution in [1.82, 2.24) is 0 Å². The molecule has 64 valence electrons. The van der Waals surface area contributed by atoms with E-state index < -0.39 is 0 Å². The summed E-state index contributed by atoms with van der Waals surface area (Å²) in [6.07, 6.45) is 2.35. The largest absolute Gasteiger partial charge is 0.431 e. The molecule has 0 N–H and O–H groups in total. The summed E-state index contributed by atoms with van der Waals surface area (Å²) in [7, 11) is 0. The molecule has 1 nitrogen and oxygen atoms in total. The molecule has 0 radical (unpaired) electrons. The Morgan fingerprint density at radius 1 is 1.27 bits per heavy atom. The average Bonchev–Trinajstić information content (AvgIpc) is 2.03. The van der Waals surface area contributed by atoms with E-state index in [1.807, 2.05) is 0 Å². The minimum absolute atomic E-state index is 0.0632. The summed E-state index contributed by atoms with van der Waals surface area (Å²) in [6.45, 7) is 11.7. The molecule has 0 aromatic rings. The van der Waals surface area contributed by atoms with Crippen molar-refractivity contribution in [3.8, 4) is 0 Å². The lowest BCUT2D eigenvalue weighted by atomic mass is 9.57. The highest BCUT2D eigenvalue weighted by Gasteiger charge is 2.48. The second kappa shape index (κ2) is 2.51. The Bertz CT molecular complexity index is 136. The van der Waals surface area contributed by atoms with Gasteiger partial charge in [-0.3, -0.25) is 0 Å². The Labute approximate surface area is 70.6 Å². The van der Waals surface area contributed by atoms with Crippen molar-refractivity contribution in [1.29, 1.82) is 0 Å². The van der Waals surface area contributed by atoms with Gasteiger partial charge in [-0.05, 0) is 25.6 Å². The van der Waals surface area contributed by atoms with Gasteiger partial charge in [-0.2, -0.15) is 0 Å². The zero-order valence-electron chi connectivity index (χ0n) is 8.40. The Kier molecular flexibility index (Phi) is 2.08. The van der Waals surface area contributed by atoms with Gasteiger partial charge >= 0.3 is 0 Å². The number of rotatable bonds is 1. The van der Waals surface area contributed by atoms with Crippen LogP contribution in [0.5, 0.6) is 0 Å². The summed E-state index contributed by atoms with van der Waals surface area (Å²) in [5, 5.41) is 0. The van der Waals surface area contributed by atoms with Gasteiger partial charge in [0.05, 0.1) is 5.60 Å². The fraction of sp³-hybridized carbons (Fsp3) is 1.00. The van der Waals surface area contributed by atoms with Gasteiger partial charge in [0, 0.05) is 0 Å². The second-order valence-electron chi connectivity index (χ2n) is 4.75. The van der Waals surface area contributed by atoms with Crippen molar-refractivity contribution >= 4 is 6.92 Å². The van der Waals surface area contributed by atoms with Crippen molar-refractivity contribution in [2.24, 2.45) is 5.41 Å². The van der Waals surface area contributed by atoms with E-state index in [0.717, 1.165) is 6.32 Å². The lowest BCUT2D eigenvalue weighted by Crippen LogP contribution is -2.34. The molecule has 0 bridgehead atoms. The maximum absolute atomic E-state index is 5.91. The van der Waals surface area contributed by atoms with Gasteiger partial charge in [-0.25, -0.2) is 0 Å². The molecular weight excluding hydrogens is 135 g/mol. The molecule has 0 aromatic carbocycles. The first-order valence-electron chi connectivity index (χ1n) is 4.57. The van der Waals surface area contributed by atoms with Crippen LogP contribution in [0.25, 0.3) is 0 Å². The zero-order chi connectivity index (χ0) is 8.70. The maximum Gasteiger partial charge on any atom is 0.294 e. The van der Waals surface area contributed by atoms with Crippen LogP contribution in [-0.2, 0) is 4.65 Å². The first-order valence-corrected chi connectivity index (χ1v) is 4.57. The highest BCUT2D eigenvalue weighted by molar-refractivity contribution is 6.52. The molecule has 11 heavy (non-hydrogen) atoms. The Balaban J connectivity index is 2.72. The van der Waals surface area contributed by atoms with Crippen molar-refractivity contribution < 1.29 is 4.65 Å². The van der Waals surface area contributed by atoms with Crippen molar-refractivity contribution in [3.05, 3.63) is 0 Å². The van der Waals surface area contributed by atoms with Gasteiger partial charge in [0.2, 0.25) is 0 Å². The standard InChI is InChI=1S/C9H19BO/c1-6-10-7-8(2,3)9(4,5)11-10/h6-7H2,1-5H3. The topological polar surface area (TPSA) is 9.23 Å². The molecule has 1 aliphatic rings. The summed E-state index contributed by atoms with van der Waals surface area (Å²) in [5.74, 6) is 0. The summed E-state index contributed by atoms with van der Waals surface area (Å²) < 4.78 is 5.91. The van der Waals surface area contributed by atoms with Crippen LogP contribution in [0.2, 0.25) is 12.6 Å². The predicted octanol–water partition coefficient (Wildman–Crippen LogP) is 2.83. The van der Waals surface area contributed by atoms with Crippen LogP contribution in [0.1, 0.15) is 34.6 Å². The Morgan fingerprint density at radius 3 is 2.00 bits per heavy atom. The molecule has 0 atom stereocenters. The lowest BCUT2D eigenvalue weighted by Gasteiger charge is -2.34. The fourth-order valence-electron chi connectivity index (χ4n) is 1.66. The predicted molar refractivity (Wildman–Crippen MR) is 50.0 cm³/mol. The van der Waals surface area contributed by atoms with Gasteiger partial charge in [0.1, 0.15) is 0 Å². The van der Waals surface area contributed by atoms with Crippen LogP contribution < -0.4 is 0 Å². The Morgan fingerprint density at radius 2 is 1.82 bits per heavy atom. The smallest absolute Gasteiger partial charge is 0.294 e. The van der Waals surface area contributed by atoms with Crippen molar-refractivity contribution in [2.75, 3.05) is 0 Å². The van der Waals surface area contributed by atoms with Crippen molar-refractivity contribution in [3.63, 3.8) is 0 Å². The monoisotopic (exact) mass is 154 g/mol. The van der Waals surface area contributed by atoms with E-state index in [4.69, 9.17) is 4.65 Å². The SMILES string of the molecule is CCB1CC(C)(C)C(C)(C)O1. The minimum Gasteiger partial charge on any atom is -0.431 e. The third kappa shape index (κ3) is 1.46. The van der Waals surface area contributed by atoms with Crippen molar-refractivity contribution in [2.45, 2.75) is 52.9 Å². The molecule has 0 amide bonds. The third-order valence-corrected chi connectivity index (χ3v) is 3.28. The molecule has 1 heterocycles. The molecule has 1 rings (SSSR count). The zero-order valence-corrected chi connectivity index (χ0v) is 8.40. The normalized spacial score (nSPS) is 27.5. The quantitative estimate of drug-likeness (QED) is 0.527. The molecule has 0 aromatic heterocycles. The Hall–Kier alpha value is 0.0249. The van der Waals surface area contributed by atoms with E-state index in [9.17, 15) is 0 Å². The van der Waals surface area contributed by atoms with Gasteiger partial charge in [0.25, 0.3) is 6.92 Å². The summed E-state index contributed by atoms with van der Waals surface area (Å²) in [5.41, 5.74) is 0.404. The summed E-state index contributed by atoms with van der Waals surface area (Å²) in [6, 6.07) is 0. The van der Waals surface area contributed by atoms with E-state index in [-0.39, 0.29) is 5.60 Å².